The summed E-state index contributed by atoms with van der Waals surface area (Å²) in [5, 5.41) is 12.5. The van der Waals surface area contributed by atoms with E-state index in [1.807, 2.05) is 36.4 Å². The Morgan fingerprint density at radius 1 is 1.21 bits per heavy atom. The minimum Gasteiger partial charge on any atom is -0.496 e. The lowest BCUT2D eigenvalue weighted by Gasteiger charge is -2.10. The van der Waals surface area contributed by atoms with Crippen LogP contribution in [0, 0.1) is 0 Å². The molecule has 2 aromatic heterocycles. The van der Waals surface area contributed by atoms with Gasteiger partial charge in [-0.1, -0.05) is 30.0 Å². The molecule has 0 unspecified atom stereocenters. The first-order chi connectivity index (χ1) is 14.3. The predicted octanol–water partition coefficient (Wildman–Crippen LogP) is 3.13. The Hall–Kier alpha value is -2.87. The molecule has 1 aromatic carbocycles. The Morgan fingerprint density at radius 2 is 2.00 bits per heavy atom. The van der Waals surface area contributed by atoms with E-state index in [4.69, 9.17) is 4.74 Å². The molecule has 1 aliphatic carbocycles. The van der Waals surface area contributed by atoms with E-state index in [0.29, 0.717) is 18.3 Å². The third-order valence-corrected chi connectivity index (χ3v) is 5.70. The fourth-order valence-electron chi connectivity index (χ4n) is 3.16. The van der Waals surface area contributed by atoms with Crippen LogP contribution in [-0.4, -0.2) is 45.1 Å². The van der Waals surface area contributed by atoms with Crippen molar-refractivity contribution < 1.29 is 9.53 Å². The van der Waals surface area contributed by atoms with Crippen molar-refractivity contribution in [3.63, 3.8) is 0 Å². The summed E-state index contributed by atoms with van der Waals surface area (Å²) in [5.74, 6) is 1.99. The summed E-state index contributed by atoms with van der Waals surface area (Å²) >= 11 is 1.43. The lowest BCUT2D eigenvalue weighted by Crippen LogP contribution is -2.27. The average Bonchev–Trinajstić information content (AvgIpc) is 3.52. The molecule has 1 amide bonds. The quantitative estimate of drug-likeness (QED) is 0.547. The van der Waals surface area contributed by atoms with Gasteiger partial charge in [-0.2, -0.15) is 0 Å². The van der Waals surface area contributed by atoms with Crippen molar-refractivity contribution in [3.05, 3.63) is 54.4 Å². The van der Waals surface area contributed by atoms with Crippen LogP contribution in [-0.2, 0) is 11.2 Å². The van der Waals surface area contributed by atoms with Gasteiger partial charge < -0.3 is 10.1 Å². The van der Waals surface area contributed by atoms with Crippen LogP contribution < -0.4 is 10.1 Å². The summed E-state index contributed by atoms with van der Waals surface area (Å²) < 4.78 is 7.50. The van der Waals surface area contributed by atoms with Gasteiger partial charge in [0.2, 0.25) is 5.91 Å². The maximum atomic E-state index is 12.3. The smallest absolute Gasteiger partial charge is 0.230 e. The van der Waals surface area contributed by atoms with Gasteiger partial charge in [-0.3, -0.25) is 14.3 Å². The first kappa shape index (κ1) is 19.4. The van der Waals surface area contributed by atoms with E-state index in [1.54, 1.807) is 19.5 Å². The molecule has 29 heavy (non-hydrogen) atoms. The number of hydrogen-bond acceptors (Lipinski definition) is 6. The second-order valence-corrected chi connectivity index (χ2v) is 7.79. The van der Waals surface area contributed by atoms with E-state index in [-0.39, 0.29) is 5.91 Å². The van der Waals surface area contributed by atoms with Gasteiger partial charge in [0.05, 0.1) is 12.9 Å². The van der Waals surface area contributed by atoms with Crippen molar-refractivity contribution >= 4 is 17.7 Å². The summed E-state index contributed by atoms with van der Waals surface area (Å²) in [7, 11) is 1.66. The highest BCUT2D eigenvalue weighted by Gasteiger charge is 2.30. The maximum absolute atomic E-state index is 12.3. The fourth-order valence-corrected chi connectivity index (χ4v) is 4.00. The largest absolute Gasteiger partial charge is 0.496 e. The second-order valence-electron chi connectivity index (χ2n) is 6.84. The zero-order valence-corrected chi connectivity index (χ0v) is 17.1. The van der Waals surface area contributed by atoms with Gasteiger partial charge in [0.25, 0.3) is 0 Å². The summed E-state index contributed by atoms with van der Waals surface area (Å²) in [6.07, 6.45) is 6.47. The van der Waals surface area contributed by atoms with E-state index in [1.165, 1.54) is 11.8 Å². The van der Waals surface area contributed by atoms with E-state index in [9.17, 15) is 4.79 Å². The van der Waals surface area contributed by atoms with Gasteiger partial charge in [0, 0.05) is 30.5 Å². The van der Waals surface area contributed by atoms with Gasteiger partial charge in [-0.25, -0.2) is 0 Å². The number of pyridine rings is 1. The number of carbonyl (C=O) groups excluding carboxylic acids is 1. The number of benzene rings is 1. The summed E-state index contributed by atoms with van der Waals surface area (Å²) in [5.41, 5.74) is 2.07. The normalized spacial score (nSPS) is 13.3. The fraction of sp³-hybridized carbons (Fsp3) is 0.333. The number of thioether (sulfide) groups is 1. The van der Waals surface area contributed by atoms with Crippen LogP contribution in [0.5, 0.6) is 5.75 Å². The number of aromatic nitrogens is 4. The number of amides is 1. The zero-order chi connectivity index (χ0) is 20.1. The standard InChI is InChI=1S/C21H23N5O2S/c1-28-18-5-3-2-4-15(18)10-13-23-19(27)14-29-21-25-24-20(26(21)17-6-7-17)16-8-11-22-12-9-16/h2-5,8-9,11-12,17H,6-7,10,13-14H2,1H3,(H,23,27). The van der Waals surface area contributed by atoms with Crippen LogP contribution in [0.2, 0.25) is 0 Å². The first-order valence-corrected chi connectivity index (χ1v) is 10.6. The summed E-state index contributed by atoms with van der Waals surface area (Å²) in [6, 6.07) is 12.1. The molecule has 8 heteroatoms. The molecule has 1 saturated carbocycles. The Balaban J connectivity index is 1.33. The third kappa shape index (κ3) is 4.76. The van der Waals surface area contributed by atoms with Crippen LogP contribution >= 0.6 is 11.8 Å². The molecule has 1 N–H and O–H groups in total. The van der Waals surface area contributed by atoms with Crippen molar-refractivity contribution in [2.45, 2.75) is 30.5 Å². The Labute approximate surface area is 173 Å². The highest BCUT2D eigenvalue weighted by atomic mass is 32.2. The van der Waals surface area contributed by atoms with Crippen LogP contribution in [0.4, 0.5) is 0 Å². The molecule has 0 atom stereocenters. The van der Waals surface area contributed by atoms with Gasteiger partial charge >= 0.3 is 0 Å². The number of hydrogen-bond donors (Lipinski definition) is 1. The SMILES string of the molecule is COc1ccccc1CCNC(=O)CSc1nnc(-c2ccncc2)n1C1CC1. The predicted molar refractivity (Wildman–Crippen MR) is 112 cm³/mol. The van der Waals surface area contributed by atoms with Crippen molar-refractivity contribution in [2.75, 3.05) is 19.4 Å². The number of nitrogens with one attached hydrogen (secondary N) is 1. The van der Waals surface area contributed by atoms with Crippen molar-refractivity contribution in [2.24, 2.45) is 0 Å². The molecule has 0 aliphatic heterocycles. The summed E-state index contributed by atoms with van der Waals surface area (Å²) in [6.45, 7) is 0.567. The second kappa shape index (κ2) is 9.09. The molecule has 0 saturated heterocycles. The van der Waals surface area contributed by atoms with Gasteiger partial charge in [0.15, 0.2) is 11.0 Å². The van der Waals surface area contributed by atoms with Crippen LogP contribution in [0.15, 0.2) is 53.9 Å². The number of nitrogens with zero attached hydrogens (tertiary/aromatic N) is 4. The Kier molecular flexibility index (Phi) is 6.09. The van der Waals surface area contributed by atoms with Crippen molar-refractivity contribution in [1.82, 2.24) is 25.1 Å². The van der Waals surface area contributed by atoms with E-state index in [2.05, 4.69) is 25.1 Å². The topological polar surface area (TPSA) is 81.9 Å². The van der Waals surface area contributed by atoms with Gasteiger partial charge in [-0.05, 0) is 43.0 Å². The van der Waals surface area contributed by atoms with Crippen molar-refractivity contribution in [3.8, 4) is 17.1 Å². The van der Waals surface area contributed by atoms with Gasteiger partial charge in [-0.15, -0.1) is 10.2 Å². The first-order valence-electron chi connectivity index (χ1n) is 9.63. The number of rotatable bonds is 9. The molecule has 1 fully saturated rings. The van der Waals surface area contributed by atoms with Crippen LogP contribution in [0.25, 0.3) is 11.4 Å². The molecule has 0 spiro atoms. The molecule has 0 radical (unpaired) electrons. The zero-order valence-electron chi connectivity index (χ0n) is 16.2. The summed E-state index contributed by atoms with van der Waals surface area (Å²) in [4.78, 5) is 16.4. The van der Waals surface area contributed by atoms with Crippen molar-refractivity contribution in [1.29, 1.82) is 0 Å². The highest BCUT2D eigenvalue weighted by Crippen LogP contribution is 2.40. The minimum atomic E-state index is -0.0132. The molecular weight excluding hydrogens is 386 g/mol. The maximum Gasteiger partial charge on any atom is 0.230 e. The molecule has 150 valence electrons. The highest BCUT2D eigenvalue weighted by molar-refractivity contribution is 7.99. The van der Waals surface area contributed by atoms with Gasteiger partial charge in [0.1, 0.15) is 5.75 Å². The number of carbonyl (C=O) groups is 1. The van der Waals surface area contributed by atoms with E-state index >= 15 is 0 Å². The minimum absolute atomic E-state index is 0.0132. The monoisotopic (exact) mass is 409 g/mol. The molecule has 7 nitrogen and oxygen atoms in total. The lowest BCUT2D eigenvalue weighted by atomic mass is 10.1. The lowest BCUT2D eigenvalue weighted by molar-refractivity contribution is -0.118. The van der Waals surface area contributed by atoms with E-state index in [0.717, 1.165) is 47.1 Å². The third-order valence-electron chi connectivity index (χ3n) is 4.76. The molecule has 1 aliphatic rings. The Bertz CT molecular complexity index is 972. The molecule has 2 heterocycles. The molecule has 0 bridgehead atoms. The number of methoxy groups -OCH3 is 1. The molecular formula is C21H23N5O2S. The molecule has 4 rings (SSSR count). The van der Waals surface area contributed by atoms with Crippen LogP contribution in [0.1, 0.15) is 24.4 Å². The van der Waals surface area contributed by atoms with Crippen LogP contribution in [0.3, 0.4) is 0 Å². The number of ether oxygens (including phenoxy) is 1. The average molecular weight is 410 g/mol. The molecule has 3 aromatic rings. The van der Waals surface area contributed by atoms with E-state index < -0.39 is 0 Å². The number of para-hydroxylation sites is 1. The Morgan fingerprint density at radius 3 is 2.76 bits per heavy atom.